The molecule has 0 aliphatic heterocycles. The van der Waals surface area contributed by atoms with Gasteiger partial charge < -0.3 is 15.2 Å². The van der Waals surface area contributed by atoms with Gasteiger partial charge in [0, 0.05) is 6.61 Å². The molecule has 7 nitrogen and oxygen atoms in total. The number of nitrogens with one attached hydrogen (secondary N) is 1. The quantitative estimate of drug-likeness (QED) is 0.458. The van der Waals surface area contributed by atoms with Crippen LogP contribution in [0.25, 0.3) is 0 Å². The highest BCUT2D eigenvalue weighted by atomic mass is 16.6. The molecular weight excluding hydrogens is 228 g/mol. The maximum absolute atomic E-state index is 11.3. The first-order chi connectivity index (χ1) is 8.04. The molecule has 0 atom stereocenters. The van der Waals surface area contributed by atoms with Gasteiger partial charge in [-0.3, -0.25) is 14.9 Å². The number of hydrogen-bond donors (Lipinski definition) is 2. The summed E-state index contributed by atoms with van der Waals surface area (Å²) in [6.07, 6.45) is 0. The molecule has 0 unspecified atom stereocenters. The molecular formula is C10H12N2O5. The van der Waals surface area contributed by atoms with Crippen LogP contribution in [0.5, 0.6) is 5.75 Å². The molecule has 92 valence electrons. The Kier molecular flexibility index (Phi) is 4.41. The molecule has 0 aromatic heterocycles. The summed E-state index contributed by atoms with van der Waals surface area (Å²) in [5.74, 6) is -0.722. The van der Waals surface area contributed by atoms with Gasteiger partial charge in [0.15, 0.2) is 0 Å². The summed E-state index contributed by atoms with van der Waals surface area (Å²) in [5.41, 5.74) is -0.340. The number of phenols is 1. The van der Waals surface area contributed by atoms with Crippen molar-refractivity contribution in [1.82, 2.24) is 0 Å². The van der Waals surface area contributed by atoms with Crippen molar-refractivity contribution in [2.75, 3.05) is 18.5 Å². The average Bonchev–Trinajstić information content (AvgIpc) is 2.28. The summed E-state index contributed by atoms with van der Waals surface area (Å²) >= 11 is 0. The molecule has 0 saturated heterocycles. The van der Waals surface area contributed by atoms with E-state index in [0.717, 1.165) is 6.07 Å². The van der Waals surface area contributed by atoms with Gasteiger partial charge in [0.25, 0.3) is 11.6 Å². The third-order valence-corrected chi connectivity index (χ3v) is 1.89. The summed E-state index contributed by atoms with van der Waals surface area (Å²) in [4.78, 5) is 21.3. The van der Waals surface area contributed by atoms with E-state index < -0.39 is 10.8 Å². The largest absolute Gasteiger partial charge is 0.508 e. The molecule has 0 radical (unpaired) electrons. The van der Waals surface area contributed by atoms with Crippen molar-refractivity contribution < 1.29 is 19.6 Å². The Balaban J connectivity index is 2.83. The number of amides is 1. The van der Waals surface area contributed by atoms with Crippen LogP contribution in [0.2, 0.25) is 0 Å². The predicted octanol–water partition coefficient (Wildman–Crippen LogP) is 1.28. The molecule has 7 heteroatoms. The number of phenolic OH excluding ortho intramolecular Hbond substituents is 1. The predicted molar refractivity (Wildman–Crippen MR) is 59.9 cm³/mol. The minimum Gasteiger partial charge on any atom is -0.508 e. The van der Waals surface area contributed by atoms with Crippen LogP contribution in [0.3, 0.4) is 0 Å². The lowest BCUT2D eigenvalue weighted by Crippen LogP contribution is -2.18. The molecule has 0 aliphatic rings. The third kappa shape index (κ3) is 3.72. The molecule has 1 aromatic rings. The van der Waals surface area contributed by atoms with Gasteiger partial charge in [-0.1, -0.05) is 0 Å². The third-order valence-electron chi connectivity index (χ3n) is 1.89. The van der Waals surface area contributed by atoms with Crippen molar-refractivity contribution in [3.63, 3.8) is 0 Å². The normalized spacial score (nSPS) is 9.94. The highest BCUT2D eigenvalue weighted by Crippen LogP contribution is 2.28. The van der Waals surface area contributed by atoms with Crippen molar-refractivity contribution in [2.45, 2.75) is 6.92 Å². The summed E-state index contributed by atoms with van der Waals surface area (Å²) < 4.78 is 4.86. The van der Waals surface area contributed by atoms with Gasteiger partial charge in [-0.2, -0.15) is 0 Å². The first-order valence-corrected chi connectivity index (χ1v) is 4.89. The van der Waals surface area contributed by atoms with Crippen molar-refractivity contribution in [3.05, 3.63) is 28.3 Å². The van der Waals surface area contributed by atoms with E-state index in [1.54, 1.807) is 6.92 Å². The first kappa shape index (κ1) is 12.9. The van der Waals surface area contributed by atoms with Crippen LogP contribution in [0.1, 0.15) is 6.92 Å². The number of nitro benzene ring substituents is 1. The van der Waals surface area contributed by atoms with Gasteiger partial charge in [0.1, 0.15) is 18.0 Å². The number of rotatable bonds is 5. The highest BCUT2D eigenvalue weighted by Gasteiger charge is 2.16. The van der Waals surface area contributed by atoms with Crippen molar-refractivity contribution in [1.29, 1.82) is 0 Å². The maximum atomic E-state index is 11.3. The number of anilines is 1. The Labute approximate surface area is 97.2 Å². The number of ether oxygens (including phenoxy) is 1. The van der Waals surface area contributed by atoms with Gasteiger partial charge in [-0.25, -0.2) is 0 Å². The highest BCUT2D eigenvalue weighted by molar-refractivity contribution is 5.94. The van der Waals surface area contributed by atoms with Gasteiger partial charge in [-0.15, -0.1) is 0 Å². The molecule has 1 rings (SSSR count). The summed E-state index contributed by atoms with van der Waals surface area (Å²) in [6.45, 7) is 1.94. The van der Waals surface area contributed by atoms with E-state index in [4.69, 9.17) is 9.84 Å². The van der Waals surface area contributed by atoms with Crippen LogP contribution >= 0.6 is 0 Å². The fourth-order valence-electron chi connectivity index (χ4n) is 1.16. The van der Waals surface area contributed by atoms with Crippen LogP contribution in [0.15, 0.2) is 18.2 Å². The Morgan fingerprint density at radius 1 is 1.59 bits per heavy atom. The number of nitrogens with zero attached hydrogens (tertiary/aromatic N) is 1. The van der Waals surface area contributed by atoms with Crippen LogP contribution < -0.4 is 5.32 Å². The van der Waals surface area contributed by atoms with Crippen molar-refractivity contribution in [3.8, 4) is 5.75 Å². The number of aromatic hydroxyl groups is 1. The summed E-state index contributed by atoms with van der Waals surface area (Å²) in [7, 11) is 0. The minimum absolute atomic E-state index is 0.0255. The number of carbonyl (C=O) groups excluding carboxylic acids is 1. The molecule has 0 aliphatic carbocycles. The Morgan fingerprint density at radius 3 is 2.88 bits per heavy atom. The van der Waals surface area contributed by atoms with Crippen LogP contribution in [0, 0.1) is 10.1 Å². The zero-order chi connectivity index (χ0) is 12.8. The Hall–Kier alpha value is -2.15. The second-order valence-electron chi connectivity index (χ2n) is 3.14. The number of benzene rings is 1. The molecule has 0 saturated carbocycles. The van der Waals surface area contributed by atoms with E-state index in [-0.39, 0.29) is 23.7 Å². The molecule has 0 spiro atoms. The standard InChI is InChI=1S/C10H12N2O5/c1-2-17-6-10(14)11-8-4-3-7(13)5-9(8)12(15)16/h3-5,13H,2,6H2,1H3,(H,11,14). The van der Waals surface area contributed by atoms with E-state index in [9.17, 15) is 14.9 Å². The van der Waals surface area contributed by atoms with E-state index in [1.807, 2.05) is 0 Å². The van der Waals surface area contributed by atoms with Crippen LogP contribution in [-0.2, 0) is 9.53 Å². The maximum Gasteiger partial charge on any atom is 0.296 e. The molecule has 17 heavy (non-hydrogen) atoms. The van der Waals surface area contributed by atoms with Gasteiger partial charge in [-0.05, 0) is 19.1 Å². The molecule has 0 heterocycles. The summed E-state index contributed by atoms with van der Waals surface area (Å²) in [6, 6.07) is 3.48. The van der Waals surface area contributed by atoms with Crippen LogP contribution in [0.4, 0.5) is 11.4 Å². The van der Waals surface area contributed by atoms with Gasteiger partial charge in [0.2, 0.25) is 0 Å². The smallest absolute Gasteiger partial charge is 0.296 e. The molecule has 1 aromatic carbocycles. The fraction of sp³-hybridized carbons (Fsp3) is 0.300. The fourth-order valence-corrected chi connectivity index (χ4v) is 1.16. The number of hydrogen-bond acceptors (Lipinski definition) is 5. The second-order valence-corrected chi connectivity index (χ2v) is 3.14. The zero-order valence-electron chi connectivity index (χ0n) is 9.17. The monoisotopic (exact) mass is 240 g/mol. The molecule has 0 bridgehead atoms. The Bertz CT molecular complexity index is 433. The number of nitro groups is 1. The topological polar surface area (TPSA) is 102 Å². The first-order valence-electron chi connectivity index (χ1n) is 4.89. The second kappa shape index (κ2) is 5.80. The van der Waals surface area contributed by atoms with E-state index >= 15 is 0 Å². The van der Waals surface area contributed by atoms with Crippen molar-refractivity contribution >= 4 is 17.3 Å². The van der Waals surface area contributed by atoms with E-state index in [2.05, 4.69) is 5.32 Å². The molecule has 1 amide bonds. The Morgan fingerprint density at radius 2 is 2.29 bits per heavy atom. The van der Waals surface area contributed by atoms with Crippen molar-refractivity contribution in [2.24, 2.45) is 0 Å². The van der Waals surface area contributed by atoms with E-state index in [0.29, 0.717) is 6.61 Å². The van der Waals surface area contributed by atoms with Crippen LogP contribution in [-0.4, -0.2) is 29.2 Å². The van der Waals surface area contributed by atoms with Gasteiger partial charge in [0.05, 0.1) is 11.0 Å². The number of carbonyl (C=O) groups is 1. The average molecular weight is 240 g/mol. The minimum atomic E-state index is -0.685. The lowest BCUT2D eigenvalue weighted by atomic mass is 10.2. The lowest BCUT2D eigenvalue weighted by molar-refractivity contribution is -0.384. The summed E-state index contributed by atoms with van der Waals surface area (Å²) in [5, 5.41) is 22.1. The molecule has 2 N–H and O–H groups in total. The van der Waals surface area contributed by atoms with E-state index in [1.165, 1.54) is 12.1 Å². The zero-order valence-corrected chi connectivity index (χ0v) is 9.17. The lowest BCUT2D eigenvalue weighted by Gasteiger charge is -2.06. The van der Waals surface area contributed by atoms with Gasteiger partial charge >= 0.3 is 0 Å². The molecule has 0 fully saturated rings. The SMILES string of the molecule is CCOCC(=O)Nc1ccc(O)cc1[N+](=O)[O-].